The molecule has 3 unspecified atom stereocenters. The van der Waals surface area contributed by atoms with Gasteiger partial charge in [0, 0.05) is 40.3 Å². The van der Waals surface area contributed by atoms with E-state index in [1.54, 1.807) is 54.6 Å². The van der Waals surface area contributed by atoms with Crippen molar-refractivity contribution >= 4 is 64.5 Å². The molecule has 0 spiro atoms. The fourth-order valence-electron chi connectivity index (χ4n) is 5.99. The molecule has 1 heterocycles. The number of nitrogens with one attached hydrogen (secondary N) is 2. The lowest BCUT2D eigenvalue weighted by molar-refractivity contribution is -0.157. The standard InChI is InChI=1S/C24H31NO7.C12H15NO5.C10H10O4.C6H9ClO.C6H13NO2.4CH4.H3N.H2O/c1-4-6-8-14-22(27)30-17-19(32-23(28)15-9-7-5-2)16-25-24(29)20-12-10-11-13-21(20)31-18(3)26;1-8(15)18-11-5-3-2-4-10(11)12(17)13-6-9(16)7-14;1-7(11)14-9-6-4-3-5-8(9)10(12)13-2;1-2-3-4-5-6(7)8;1-6(2)8-4-5(3-7)9-6;;;;;;/h6-13,19H,4-5,14-17H2,1-3H3,(H,25,29);2-5,9,14,16H,6-7H2,1H3,(H,13,17);3-6H,1-2H3;3-4H,2,5H2,1H3;5H,3-4,7H2,1-2H3;4*1H4;1H3;1H2/b8-6-,9-7-;;;4-3-;;;;;;;. The summed E-state index contributed by atoms with van der Waals surface area (Å²) in [5.41, 5.74) is 5.94. The average molecular weight is 1260 g/mol. The van der Waals surface area contributed by atoms with E-state index < -0.39 is 72.2 Å². The van der Waals surface area contributed by atoms with Gasteiger partial charge >= 0.3 is 35.8 Å². The molecule has 1 saturated heterocycles. The van der Waals surface area contributed by atoms with E-state index in [1.807, 2.05) is 52.8 Å². The van der Waals surface area contributed by atoms with Crippen LogP contribution in [-0.2, 0) is 52.5 Å². The molecule has 1 fully saturated rings. The minimum Gasteiger partial charge on any atom is -0.465 e. The zero-order valence-electron chi connectivity index (χ0n) is 48.6. The molecule has 24 nitrogen and oxygen atoms in total. The minimum absolute atomic E-state index is 0. The molecule has 0 bridgehead atoms. The maximum Gasteiger partial charge on any atom is 0.341 e. The molecule has 2 amide bonds. The molecule has 1 aliphatic rings. The molecule has 0 aromatic heterocycles. The van der Waals surface area contributed by atoms with Crippen LogP contribution in [0.5, 0.6) is 17.2 Å². The molecular weight excluding hydrogens is 1160 g/mol. The Morgan fingerprint density at radius 2 is 1.05 bits per heavy atom. The highest BCUT2D eigenvalue weighted by Crippen LogP contribution is 2.22. The van der Waals surface area contributed by atoms with Crippen LogP contribution in [0.2, 0.25) is 0 Å². The lowest BCUT2D eigenvalue weighted by Gasteiger charge is -2.18. The number of aliphatic hydroxyl groups excluding tert-OH is 2. The van der Waals surface area contributed by atoms with E-state index in [2.05, 4.69) is 15.4 Å². The number of nitrogens with two attached hydrogens (primary N) is 1. The fourth-order valence-corrected chi connectivity index (χ4v) is 6.07. The number of amides is 2. The number of para-hydroxylation sites is 3. The van der Waals surface area contributed by atoms with Gasteiger partial charge < -0.3 is 76.1 Å². The Labute approximate surface area is 519 Å². The maximum atomic E-state index is 12.6. The van der Waals surface area contributed by atoms with Crippen molar-refractivity contribution in [2.75, 3.05) is 46.6 Å². The molecule has 11 N–H and O–H groups in total. The summed E-state index contributed by atoms with van der Waals surface area (Å²) in [7, 11) is 1.27. The molecule has 25 heteroatoms. The Kier molecular flexibility index (Phi) is 58.7. The van der Waals surface area contributed by atoms with Crippen molar-refractivity contribution in [3.05, 3.63) is 126 Å². The van der Waals surface area contributed by atoms with Gasteiger partial charge in [-0.25, -0.2) is 4.79 Å². The van der Waals surface area contributed by atoms with Crippen molar-refractivity contribution in [1.29, 1.82) is 0 Å². The summed E-state index contributed by atoms with van der Waals surface area (Å²) in [5.74, 6) is -3.98. The summed E-state index contributed by atoms with van der Waals surface area (Å²) < 4.78 is 40.4. The first-order valence-electron chi connectivity index (χ1n) is 25.7. The summed E-state index contributed by atoms with van der Waals surface area (Å²) in [5, 5.41) is 22.5. The van der Waals surface area contributed by atoms with Crippen molar-refractivity contribution in [2.24, 2.45) is 5.73 Å². The Morgan fingerprint density at radius 1 is 0.655 bits per heavy atom. The van der Waals surface area contributed by atoms with E-state index in [0.29, 0.717) is 19.6 Å². The SMILES string of the molecule is C.C.C.C.CC(=O)Oc1ccccc1C(=O)NCC(O)CO.CC/C=C\CC(=O)Cl.CC/C=C\CC(=O)OCC(CNC(=O)c1ccccc1OC(C)=O)OC(=O)C/C=C\CC.CC1(C)OCC(CN)O1.COC(=O)c1ccccc1OC(C)=O.N.O. The van der Waals surface area contributed by atoms with Crippen LogP contribution in [0.25, 0.3) is 0 Å². The van der Waals surface area contributed by atoms with E-state index in [4.69, 9.17) is 60.7 Å². The number of carbonyl (C=O) groups excluding carboxylic acids is 9. The zero-order valence-corrected chi connectivity index (χ0v) is 49.4. The van der Waals surface area contributed by atoms with Crippen molar-refractivity contribution in [1.82, 2.24) is 16.8 Å². The Hall–Kier alpha value is -7.68. The number of hydrogen-bond donors (Lipinski definition) is 6. The topological polar surface area (TPSA) is 385 Å². The number of hydrogen-bond acceptors (Lipinski definition) is 21. The van der Waals surface area contributed by atoms with E-state index in [-0.39, 0.29) is 119 Å². The first kappa shape index (κ1) is 93.0. The number of esters is 6. The number of methoxy groups -OCH3 is 1. The average Bonchev–Trinajstić information content (AvgIpc) is 3.89. The second-order valence-corrected chi connectivity index (χ2v) is 17.5. The van der Waals surface area contributed by atoms with Crippen LogP contribution >= 0.6 is 11.6 Å². The van der Waals surface area contributed by atoms with Crippen LogP contribution in [0.1, 0.15) is 155 Å². The van der Waals surface area contributed by atoms with E-state index in [9.17, 15) is 43.2 Å². The first-order chi connectivity index (χ1) is 38.5. The van der Waals surface area contributed by atoms with Crippen LogP contribution in [-0.4, -0.2) is 139 Å². The van der Waals surface area contributed by atoms with Crippen molar-refractivity contribution in [2.45, 2.75) is 148 Å². The van der Waals surface area contributed by atoms with Gasteiger partial charge in [0.15, 0.2) is 11.9 Å². The molecule has 87 heavy (non-hydrogen) atoms. The van der Waals surface area contributed by atoms with Gasteiger partial charge in [0.1, 0.15) is 29.4 Å². The van der Waals surface area contributed by atoms with Crippen LogP contribution in [0.4, 0.5) is 0 Å². The predicted octanol–water partition coefficient (Wildman–Crippen LogP) is 8.69. The van der Waals surface area contributed by atoms with Gasteiger partial charge in [0.2, 0.25) is 5.24 Å². The summed E-state index contributed by atoms with van der Waals surface area (Å²) in [6.45, 7) is 13.8. The third-order valence-electron chi connectivity index (χ3n) is 9.63. The van der Waals surface area contributed by atoms with Crippen molar-refractivity contribution in [3.63, 3.8) is 0 Å². The molecule has 0 radical (unpaired) electrons. The Morgan fingerprint density at radius 3 is 1.40 bits per heavy atom. The molecule has 3 atom stereocenters. The second-order valence-electron chi connectivity index (χ2n) is 17.1. The highest BCUT2D eigenvalue weighted by molar-refractivity contribution is 6.63. The lowest BCUT2D eigenvalue weighted by atomic mass is 10.2. The lowest BCUT2D eigenvalue weighted by Crippen LogP contribution is -2.38. The molecule has 1 aliphatic heterocycles. The van der Waals surface area contributed by atoms with Gasteiger partial charge in [0.25, 0.3) is 11.8 Å². The monoisotopic (exact) mass is 1250 g/mol. The second kappa shape index (κ2) is 54.9. The highest BCUT2D eigenvalue weighted by atomic mass is 35.5. The predicted molar refractivity (Wildman–Crippen MR) is 336 cm³/mol. The van der Waals surface area contributed by atoms with Crippen molar-refractivity contribution < 1.29 is 96.7 Å². The maximum absolute atomic E-state index is 12.6. The number of carbonyl (C=O) groups is 9. The van der Waals surface area contributed by atoms with Gasteiger partial charge in [-0.2, -0.15) is 0 Å². The van der Waals surface area contributed by atoms with E-state index >= 15 is 0 Å². The molecule has 3 aromatic carbocycles. The molecular formula is C62H99ClN4O20. The van der Waals surface area contributed by atoms with E-state index in [0.717, 1.165) is 19.3 Å². The summed E-state index contributed by atoms with van der Waals surface area (Å²) in [6, 6.07) is 18.9. The summed E-state index contributed by atoms with van der Waals surface area (Å²) >= 11 is 5.02. The van der Waals surface area contributed by atoms with Crippen LogP contribution in [0, 0.1) is 0 Å². The van der Waals surface area contributed by atoms with E-state index in [1.165, 1.54) is 64.3 Å². The molecule has 0 aliphatic carbocycles. The van der Waals surface area contributed by atoms with Crippen molar-refractivity contribution in [3.8, 4) is 17.2 Å². The molecule has 0 saturated carbocycles. The Bertz CT molecular complexity index is 2540. The zero-order chi connectivity index (χ0) is 61.2. The van der Waals surface area contributed by atoms with Crippen LogP contribution in [0.3, 0.4) is 0 Å². The number of aliphatic hydroxyl groups is 2. The third kappa shape index (κ3) is 45.3. The largest absolute Gasteiger partial charge is 0.465 e. The smallest absolute Gasteiger partial charge is 0.341 e. The third-order valence-corrected chi connectivity index (χ3v) is 9.78. The Balaban J connectivity index is -0.000000198. The first-order valence-corrected chi connectivity index (χ1v) is 26.1. The van der Waals surface area contributed by atoms with Gasteiger partial charge in [0.05, 0.1) is 63.0 Å². The van der Waals surface area contributed by atoms with Gasteiger partial charge in [-0.15, -0.1) is 0 Å². The summed E-state index contributed by atoms with van der Waals surface area (Å²) in [4.78, 5) is 102. The number of ether oxygens (including phenoxy) is 8. The van der Waals surface area contributed by atoms with Crippen LogP contribution in [0.15, 0.2) is 109 Å². The number of rotatable bonds is 24. The molecule has 3 aromatic rings. The molecule has 494 valence electrons. The van der Waals surface area contributed by atoms with Gasteiger partial charge in [-0.1, -0.05) is 123 Å². The quantitative estimate of drug-likeness (QED) is 0.0160. The summed E-state index contributed by atoms with van der Waals surface area (Å²) in [6.07, 6.45) is 12.1. The number of benzene rings is 3. The van der Waals surface area contributed by atoms with Crippen LogP contribution < -0.4 is 36.7 Å². The van der Waals surface area contributed by atoms with Gasteiger partial charge in [-0.3, -0.25) is 38.4 Å². The number of allylic oxidation sites excluding steroid dienone is 4. The fraction of sp³-hybridized carbons (Fsp3) is 0.468. The molecule has 4 rings (SSSR count). The normalized spacial score (nSPS) is 12.6. The number of halogens is 1. The van der Waals surface area contributed by atoms with Gasteiger partial charge in [-0.05, 0) is 81.1 Å². The highest BCUT2D eigenvalue weighted by Gasteiger charge is 2.31. The minimum atomic E-state index is -1.02.